The van der Waals surface area contributed by atoms with Crippen LogP contribution in [0, 0.1) is 58.2 Å². The van der Waals surface area contributed by atoms with Gasteiger partial charge in [-0.05, 0) is 122 Å². The Morgan fingerprint density at radius 1 is 0.593 bits per heavy atom. The molecule has 4 aliphatic rings. The van der Waals surface area contributed by atoms with Crippen LogP contribution in [0.25, 0.3) is 0 Å². The fraction of sp³-hybridized carbons (Fsp3) is 0.959. The molecule has 0 radical (unpaired) electrons. The number of hydrogen-bond donors (Lipinski definition) is 1. The minimum atomic E-state index is 0.0318. The number of ether oxygens (including phenoxy) is 9. The van der Waals surface area contributed by atoms with Crippen LogP contribution in [-0.4, -0.2) is 131 Å². The molecule has 346 valence electrons. The number of allylic oxidation sites excluding steroid dienone is 2. The number of rotatable bonds is 35. The van der Waals surface area contributed by atoms with Crippen LogP contribution in [0.15, 0.2) is 11.6 Å². The van der Waals surface area contributed by atoms with Crippen molar-refractivity contribution >= 4 is 0 Å². The van der Waals surface area contributed by atoms with E-state index >= 15 is 0 Å². The molecule has 1 N–H and O–H groups in total. The summed E-state index contributed by atoms with van der Waals surface area (Å²) >= 11 is 0. The Balaban J connectivity index is 0.936. The highest BCUT2D eigenvalue weighted by Crippen LogP contribution is 2.67. The van der Waals surface area contributed by atoms with Crippen LogP contribution in [0.1, 0.15) is 119 Å². The molecule has 3 fully saturated rings. The van der Waals surface area contributed by atoms with Gasteiger partial charge in [0.2, 0.25) is 0 Å². The van der Waals surface area contributed by atoms with Gasteiger partial charge in [-0.2, -0.15) is 0 Å². The maximum Gasteiger partial charge on any atom is 0.0701 e. The highest BCUT2D eigenvalue weighted by Gasteiger charge is 2.59. The molecule has 0 spiro atoms. The van der Waals surface area contributed by atoms with Crippen molar-refractivity contribution < 1.29 is 47.7 Å². The van der Waals surface area contributed by atoms with Gasteiger partial charge in [-0.3, -0.25) is 0 Å². The van der Waals surface area contributed by atoms with Gasteiger partial charge in [0, 0.05) is 6.61 Å². The summed E-state index contributed by atoms with van der Waals surface area (Å²) in [6, 6.07) is 0. The van der Waals surface area contributed by atoms with Crippen LogP contribution in [0.2, 0.25) is 0 Å². The molecule has 0 bridgehead atoms. The molecule has 0 unspecified atom stereocenters. The number of aliphatic hydroxyl groups is 1. The normalized spacial score (nSPS) is 28.9. The van der Waals surface area contributed by atoms with Crippen molar-refractivity contribution in [2.75, 3.05) is 126 Å². The average molecular weight is 839 g/mol. The zero-order valence-electron chi connectivity index (χ0n) is 38.7. The van der Waals surface area contributed by atoms with Crippen molar-refractivity contribution in [2.45, 2.75) is 119 Å². The molecule has 0 aromatic carbocycles. The summed E-state index contributed by atoms with van der Waals surface area (Å²) in [6.45, 7) is 25.1. The van der Waals surface area contributed by atoms with E-state index in [1.165, 1.54) is 70.6 Å². The molecule has 0 aromatic heterocycles. The van der Waals surface area contributed by atoms with E-state index in [0.717, 1.165) is 60.4 Å². The SMILES string of the molecule is CC[C@H](CC[C@@H](C)[C@H]1CC[C@H]2[C@@H]3CC=C4C[C@@H](CCOCCOCCOCCOCCOCCOCCOCCOCCOCCO)CC[C@]4(C)[C@H]3CC[C@]12C)C(C)C. The molecule has 0 heterocycles. The Hall–Kier alpha value is -0.660. The maximum atomic E-state index is 8.63. The lowest BCUT2D eigenvalue weighted by Crippen LogP contribution is -2.50. The minimum Gasteiger partial charge on any atom is -0.394 e. The molecule has 59 heavy (non-hydrogen) atoms. The molecule has 10 heteroatoms. The van der Waals surface area contributed by atoms with Crippen LogP contribution >= 0.6 is 0 Å². The van der Waals surface area contributed by atoms with Crippen molar-refractivity contribution in [1.82, 2.24) is 0 Å². The summed E-state index contributed by atoms with van der Waals surface area (Å²) in [5.41, 5.74) is 2.79. The molecule has 4 aliphatic carbocycles. The van der Waals surface area contributed by atoms with E-state index in [4.69, 9.17) is 47.7 Å². The highest BCUT2D eigenvalue weighted by molar-refractivity contribution is 5.25. The number of aliphatic hydroxyl groups excluding tert-OH is 1. The Morgan fingerprint density at radius 2 is 1.08 bits per heavy atom. The van der Waals surface area contributed by atoms with Gasteiger partial charge in [0.15, 0.2) is 0 Å². The summed E-state index contributed by atoms with van der Waals surface area (Å²) in [4.78, 5) is 0. The molecule has 9 atom stereocenters. The molecule has 3 saturated carbocycles. The van der Waals surface area contributed by atoms with Crippen molar-refractivity contribution in [3.8, 4) is 0 Å². The second-order valence-corrected chi connectivity index (χ2v) is 19.1. The van der Waals surface area contributed by atoms with Crippen molar-refractivity contribution in [3.05, 3.63) is 11.6 Å². The van der Waals surface area contributed by atoms with Crippen molar-refractivity contribution in [2.24, 2.45) is 58.2 Å². The second-order valence-electron chi connectivity index (χ2n) is 19.1. The Kier molecular flexibility index (Phi) is 25.0. The van der Waals surface area contributed by atoms with Crippen LogP contribution in [0.3, 0.4) is 0 Å². The Labute approximate surface area is 360 Å². The van der Waals surface area contributed by atoms with Crippen LogP contribution in [0.4, 0.5) is 0 Å². The molecular weight excluding hydrogens is 749 g/mol. The lowest BCUT2D eigenvalue weighted by Gasteiger charge is -2.58. The first-order chi connectivity index (χ1) is 28.7. The topological polar surface area (TPSA) is 103 Å². The van der Waals surface area contributed by atoms with Crippen LogP contribution in [-0.2, 0) is 42.6 Å². The zero-order chi connectivity index (χ0) is 42.2. The predicted octanol–water partition coefficient (Wildman–Crippen LogP) is 8.81. The third kappa shape index (κ3) is 16.8. The van der Waals surface area contributed by atoms with Crippen LogP contribution in [0.5, 0.6) is 0 Å². The van der Waals surface area contributed by atoms with Crippen molar-refractivity contribution in [1.29, 1.82) is 0 Å². The van der Waals surface area contributed by atoms with Gasteiger partial charge < -0.3 is 47.7 Å². The highest BCUT2D eigenvalue weighted by atomic mass is 16.6. The smallest absolute Gasteiger partial charge is 0.0701 e. The van der Waals surface area contributed by atoms with Gasteiger partial charge in [-0.15, -0.1) is 0 Å². The molecule has 10 nitrogen and oxygen atoms in total. The summed E-state index contributed by atoms with van der Waals surface area (Å²) in [5.74, 6) is 7.02. The van der Waals surface area contributed by atoms with E-state index in [-0.39, 0.29) is 6.61 Å². The summed E-state index contributed by atoms with van der Waals surface area (Å²) in [7, 11) is 0. The van der Waals surface area contributed by atoms with E-state index < -0.39 is 0 Å². The molecule has 0 aliphatic heterocycles. The van der Waals surface area contributed by atoms with Gasteiger partial charge in [0.05, 0.1) is 119 Å². The lowest BCUT2D eigenvalue weighted by molar-refractivity contribution is -0.0540. The summed E-state index contributed by atoms with van der Waals surface area (Å²) in [5, 5.41) is 8.63. The first-order valence-electron chi connectivity index (χ1n) is 24.2. The van der Waals surface area contributed by atoms with Gasteiger partial charge in [-0.1, -0.05) is 66.0 Å². The third-order valence-electron chi connectivity index (χ3n) is 15.3. The van der Waals surface area contributed by atoms with E-state index in [0.29, 0.717) is 123 Å². The van der Waals surface area contributed by atoms with E-state index in [2.05, 4.69) is 47.6 Å². The number of fused-ring (bicyclic) bond motifs is 5. The van der Waals surface area contributed by atoms with Crippen LogP contribution < -0.4 is 0 Å². The average Bonchev–Trinajstić information content (AvgIpc) is 3.59. The largest absolute Gasteiger partial charge is 0.394 e. The monoisotopic (exact) mass is 839 g/mol. The molecule has 0 saturated heterocycles. The van der Waals surface area contributed by atoms with Gasteiger partial charge in [0.25, 0.3) is 0 Å². The molecular formula is C49H90O10. The minimum absolute atomic E-state index is 0.0318. The maximum absolute atomic E-state index is 8.63. The first kappa shape index (κ1) is 51.0. The Bertz CT molecular complexity index is 1100. The Morgan fingerprint density at radius 3 is 1.56 bits per heavy atom. The van der Waals surface area contributed by atoms with Gasteiger partial charge in [0.1, 0.15) is 0 Å². The van der Waals surface area contributed by atoms with E-state index in [9.17, 15) is 0 Å². The quantitative estimate of drug-likeness (QED) is 0.0492. The van der Waals surface area contributed by atoms with Gasteiger partial charge >= 0.3 is 0 Å². The van der Waals surface area contributed by atoms with Gasteiger partial charge in [-0.25, -0.2) is 0 Å². The standard InChI is InChI=1S/C49H90O10/c1-7-42(39(2)3)9-8-40(4)45-12-13-46-44-11-10-43-38-41(14-17-48(43,5)47(44)15-18-49(45,46)6)16-20-51-22-24-53-26-28-55-30-32-57-34-36-59-37-35-58-33-31-56-29-27-54-25-23-52-21-19-50/h10,39-42,44-47,50H,7-9,11-38H2,1-6H3/t40-,41-,42-,44+,45-,46+,47+,48+,49-/m1/s1. The molecule has 0 aromatic rings. The number of hydrogen-bond acceptors (Lipinski definition) is 10. The lowest BCUT2D eigenvalue weighted by atomic mass is 9.46. The third-order valence-corrected chi connectivity index (χ3v) is 15.3. The summed E-state index contributed by atoms with van der Waals surface area (Å²) in [6.07, 6.45) is 19.4. The fourth-order valence-corrected chi connectivity index (χ4v) is 11.8. The van der Waals surface area contributed by atoms with Crippen molar-refractivity contribution in [3.63, 3.8) is 0 Å². The first-order valence-corrected chi connectivity index (χ1v) is 24.2. The molecule has 0 amide bonds. The molecule has 4 rings (SSSR count). The summed E-state index contributed by atoms with van der Waals surface area (Å²) < 4.78 is 49.9. The van der Waals surface area contributed by atoms with E-state index in [1.807, 2.05) is 0 Å². The fourth-order valence-electron chi connectivity index (χ4n) is 11.8. The second kappa shape index (κ2) is 28.9. The zero-order valence-corrected chi connectivity index (χ0v) is 38.7. The van der Waals surface area contributed by atoms with E-state index in [1.54, 1.807) is 5.57 Å². The predicted molar refractivity (Wildman–Crippen MR) is 235 cm³/mol.